The molecule has 24 heavy (non-hydrogen) atoms. The first-order chi connectivity index (χ1) is 11.6. The Morgan fingerprint density at radius 1 is 1.25 bits per heavy atom. The van der Waals surface area contributed by atoms with Crippen LogP contribution in [0.4, 0.5) is 0 Å². The van der Waals surface area contributed by atoms with Crippen molar-refractivity contribution in [2.24, 2.45) is 0 Å². The van der Waals surface area contributed by atoms with Crippen LogP contribution in [0.1, 0.15) is 41.6 Å². The van der Waals surface area contributed by atoms with Gasteiger partial charge in [-0.05, 0) is 50.3 Å². The molecule has 1 amide bonds. The van der Waals surface area contributed by atoms with Crippen molar-refractivity contribution in [3.8, 4) is 5.75 Å². The van der Waals surface area contributed by atoms with Crippen LogP contribution in [0.3, 0.4) is 0 Å². The quantitative estimate of drug-likeness (QED) is 0.920. The number of phenols is 1. The van der Waals surface area contributed by atoms with Crippen LogP contribution in [0.25, 0.3) is 0 Å². The van der Waals surface area contributed by atoms with Gasteiger partial charge in [-0.2, -0.15) is 0 Å². The van der Waals surface area contributed by atoms with Crippen molar-refractivity contribution in [3.63, 3.8) is 0 Å². The largest absolute Gasteiger partial charge is 0.508 e. The monoisotopic (exact) mass is 332 g/mol. The third-order valence-corrected chi connectivity index (χ3v) is 5.23. The predicted octanol–water partition coefficient (Wildman–Crippen LogP) is 2.42. The molecule has 0 aliphatic carbocycles. The number of phenolic OH excluding ortho intramolecular Hbond substituents is 1. The number of piperidine rings is 1. The smallest absolute Gasteiger partial charge is 0.254 e. The van der Waals surface area contributed by atoms with Crippen molar-refractivity contribution < 1.29 is 14.6 Å². The minimum absolute atomic E-state index is 0.0528. The number of nitrogens with zero attached hydrogens (tertiary/aromatic N) is 2. The summed E-state index contributed by atoms with van der Waals surface area (Å²) in [5.41, 5.74) is 1.39. The Morgan fingerprint density at radius 2 is 2.04 bits per heavy atom. The Labute approximate surface area is 144 Å². The third kappa shape index (κ3) is 4.08. The van der Waals surface area contributed by atoms with E-state index >= 15 is 0 Å². The molecule has 5 nitrogen and oxygen atoms in total. The maximum atomic E-state index is 12.9. The lowest BCUT2D eigenvalue weighted by Crippen LogP contribution is -2.46. The number of amides is 1. The molecule has 2 saturated heterocycles. The molecule has 2 aliphatic rings. The van der Waals surface area contributed by atoms with Gasteiger partial charge in [0.25, 0.3) is 5.91 Å². The Morgan fingerprint density at radius 3 is 2.79 bits per heavy atom. The molecule has 2 heterocycles. The summed E-state index contributed by atoms with van der Waals surface area (Å²) in [7, 11) is 0. The van der Waals surface area contributed by atoms with Gasteiger partial charge in [0.15, 0.2) is 0 Å². The van der Waals surface area contributed by atoms with E-state index in [0.29, 0.717) is 11.6 Å². The van der Waals surface area contributed by atoms with Crippen molar-refractivity contribution in [1.29, 1.82) is 0 Å². The predicted molar refractivity (Wildman–Crippen MR) is 93.4 cm³/mol. The van der Waals surface area contributed by atoms with Crippen molar-refractivity contribution in [2.45, 2.75) is 38.6 Å². The van der Waals surface area contributed by atoms with E-state index < -0.39 is 0 Å². The molecule has 2 fully saturated rings. The molecule has 5 heteroatoms. The van der Waals surface area contributed by atoms with Crippen LogP contribution in [0, 0.1) is 6.92 Å². The lowest BCUT2D eigenvalue weighted by atomic mass is 9.97. The fraction of sp³-hybridized carbons (Fsp3) is 0.632. The van der Waals surface area contributed by atoms with E-state index in [2.05, 4.69) is 4.90 Å². The highest BCUT2D eigenvalue weighted by atomic mass is 16.5. The number of aromatic hydroxyl groups is 1. The molecule has 132 valence electrons. The first-order valence-electron chi connectivity index (χ1n) is 9.06. The number of rotatable bonds is 4. The van der Waals surface area contributed by atoms with Gasteiger partial charge in [-0.25, -0.2) is 0 Å². The van der Waals surface area contributed by atoms with Gasteiger partial charge < -0.3 is 14.7 Å². The molecule has 1 N–H and O–H groups in total. The number of carbonyl (C=O) groups is 1. The highest BCUT2D eigenvalue weighted by Gasteiger charge is 2.28. The molecule has 1 atom stereocenters. The van der Waals surface area contributed by atoms with Crippen LogP contribution in [0.2, 0.25) is 0 Å². The van der Waals surface area contributed by atoms with Crippen LogP contribution in [0.5, 0.6) is 5.75 Å². The standard InChI is InChI=1S/C19H28N2O3/c1-15-5-6-16(14-18(15)22)19(23)21-8-3-2-4-17(21)7-9-20-10-12-24-13-11-20/h5-6,14,17,22H,2-4,7-13H2,1H3/t17-/m0/s1. The van der Waals surface area contributed by atoms with E-state index in [-0.39, 0.29) is 11.7 Å². The van der Waals surface area contributed by atoms with Crippen molar-refractivity contribution in [3.05, 3.63) is 29.3 Å². The number of hydrogen-bond acceptors (Lipinski definition) is 4. The van der Waals surface area contributed by atoms with E-state index in [1.54, 1.807) is 6.07 Å². The number of carbonyl (C=O) groups excluding carboxylic acids is 1. The van der Waals surface area contributed by atoms with Gasteiger partial charge in [0.1, 0.15) is 5.75 Å². The number of aryl methyl sites for hydroxylation is 1. The maximum Gasteiger partial charge on any atom is 0.254 e. The summed E-state index contributed by atoms with van der Waals surface area (Å²) in [5.74, 6) is 0.250. The fourth-order valence-electron chi connectivity index (χ4n) is 3.63. The highest BCUT2D eigenvalue weighted by molar-refractivity contribution is 5.95. The van der Waals surface area contributed by atoms with E-state index in [4.69, 9.17) is 4.74 Å². The average molecular weight is 332 g/mol. The molecule has 0 saturated carbocycles. The summed E-state index contributed by atoms with van der Waals surface area (Å²) in [6.45, 7) is 7.30. The minimum atomic E-state index is 0.0528. The molecule has 0 spiro atoms. The Kier molecular flexibility index (Phi) is 5.74. The number of hydrogen-bond donors (Lipinski definition) is 1. The van der Waals surface area contributed by atoms with E-state index in [9.17, 15) is 9.90 Å². The molecule has 2 aliphatic heterocycles. The molecule has 1 aromatic carbocycles. The Bertz CT molecular complexity index is 570. The van der Waals surface area contributed by atoms with Gasteiger partial charge in [-0.15, -0.1) is 0 Å². The van der Waals surface area contributed by atoms with Gasteiger partial charge >= 0.3 is 0 Å². The summed E-state index contributed by atoms with van der Waals surface area (Å²) in [6, 6.07) is 5.54. The van der Waals surface area contributed by atoms with Crippen molar-refractivity contribution in [2.75, 3.05) is 39.4 Å². The number of ether oxygens (including phenoxy) is 1. The van der Waals surface area contributed by atoms with Gasteiger partial charge in [0, 0.05) is 37.8 Å². The average Bonchev–Trinajstić information content (AvgIpc) is 2.63. The second kappa shape index (κ2) is 7.99. The molecule has 0 unspecified atom stereocenters. The zero-order valence-electron chi connectivity index (χ0n) is 14.5. The number of likely N-dealkylation sites (tertiary alicyclic amines) is 1. The zero-order chi connectivity index (χ0) is 16.9. The highest BCUT2D eigenvalue weighted by Crippen LogP contribution is 2.25. The van der Waals surface area contributed by atoms with E-state index in [1.807, 2.05) is 24.0 Å². The van der Waals surface area contributed by atoms with Gasteiger partial charge in [0.2, 0.25) is 0 Å². The zero-order valence-corrected chi connectivity index (χ0v) is 14.5. The molecular formula is C19H28N2O3. The maximum absolute atomic E-state index is 12.9. The van der Waals surface area contributed by atoms with E-state index in [1.165, 1.54) is 6.42 Å². The lowest BCUT2D eigenvalue weighted by molar-refractivity contribution is 0.0295. The Balaban J connectivity index is 1.64. The molecule has 0 radical (unpaired) electrons. The lowest BCUT2D eigenvalue weighted by Gasteiger charge is -2.37. The van der Waals surface area contributed by atoms with Crippen molar-refractivity contribution in [1.82, 2.24) is 9.80 Å². The van der Waals surface area contributed by atoms with E-state index in [0.717, 1.165) is 64.2 Å². The van der Waals surface area contributed by atoms with Crippen LogP contribution in [-0.2, 0) is 4.74 Å². The number of benzene rings is 1. The normalized spacial score (nSPS) is 22.5. The first-order valence-corrected chi connectivity index (χ1v) is 9.06. The summed E-state index contributed by atoms with van der Waals surface area (Å²) < 4.78 is 5.40. The fourth-order valence-corrected chi connectivity index (χ4v) is 3.63. The Hall–Kier alpha value is -1.59. The SMILES string of the molecule is Cc1ccc(C(=O)N2CCCC[C@H]2CCN2CCOCC2)cc1O. The van der Waals surface area contributed by atoms with Gasteiger partial charge in [0.05, 0.1) is 13.2 Å². The second-order valence-corrected chi connectivity index (χ2v) is 6.89. The third-order valence-electron chi connectivity index (χ3n) is 5.23. The summed E-state index contributed by atoms with van der Waals surface area (Å²) in [5, 5.41) is 9.90. The molecule has 0 bridgehead atoms. The molecule has 1 aromatic rings. The van der Waals surface area contributed by atoms with Crippen LogP contribution < -0.4 is 0 Å². The van der Waals surface area contributed by atoms with Crippen LogP contribution in [-0.4, -0.2) is 66.2 Å². The van der Waals surface area contributed by atoms with Crippen LogP contribution in [0.15, 0.2) is 18.2 Å². The first kappa shape index (κ1) is 17.2. The molecule has 3 rings (SSSR count). The van der Waals surface area contributed by atoms with Gasteiger partial charge in [-0.1, -0.05) is 6.07 Å². The number of morpholine rings is 1. The minimum Gasteiger partial charge on any atom is -0.508 e. The summed E-state index contributed by atoms with van der Waals surface area (Å²) >= 11 is 0. The van der Waals surface area contributed by atoms with Crippen molar-refractivity contribution >= 4 is 5.91 Å². The topological polar surface area (TPSA) is 53.0 Å². The summed E-state index contributed by atoms with van der Waals surface area (Å²) in [6.07, 6.45) is 4.35. The summed E-state index contributed by atoms with van der Waals surface area (Å²) in [4.78, 5) is 17.4. The van der Waals surface area contributed by atoms with Crippen LogP contribution >= 0.6 is 0 Å². The second-order valence-electron chi connectivity index (χ2n) is 6.89. The molecular weight excluding hydrogens is 304 g/mol. The molecule has 0 aromatic heterocycles. The van der Waals surface area contributed by atoms with Gasteiger partial charge in [-0.3, -0.25) is 9.69 Å².